The van der Waals surface area contributed by atoms with E-state index in [-0.39, 0.29) is 0 Å². The van der Waals surface area contributed by atoms with Gasteiger partial charge >= 0.3 is 0 Å². The highest BCUT2D eigenvalue weighted by Crippen LogP contribution is 2.26. The van der Waals surface area contributed by atoms with E-state index >= 15 is 0 Å². The van der Waals surface area contributed by atoms with Gasteiger partial charge < -0.3 is 4.42 Å². The average molecular weight is 288 g/mol. The van der Waals surface area contributed by atoms with Gasteiger partial charge in [-0.3, -0.25) is 10.6 Å². The SMILES string of the molecule is NC1N=c2ccc(Cl)cc2=C2N(c3ccco3)C=NN21. The maximum absolute atomic E-state index is 6.09. The summed E-state index contributed by atoms with van der Waals surface area (Å²) in [6.45, 7) is 0. The molecule has 1 atom stereocenters. The molecule has 0 saturated heterocycles. The highest BCUT2D eigenvalue weighted by Gasteiger charge is 2.31. The van der Waals surface area contributed by atoms with Crippen LogP contribution in [0.3, 0.4) is 0 Å². The van der Waals surface area contributed by atoms with E-state index in [2.05, 4.69) is 10.1 Å². The molecular formula is C13H10ClN5O. The lowest BCUT2D eigenvalue weighted by Gasteiger charge is -2.26. The molecule has 1 aromatic carbocycles. The fraction of sp³-hybridized carbons (Fsp3) is 0.0769. The molecule has 0 fully saturated rings. The average Bonchev–Trinajstić information content (AvgIpc) is 3.07. The van der Waals surface area contributed by atoms with E-state index in [1.807, 2.05) is 29.2 Å². The van der Waals surface area contributed by atoms with Gasteiger partial charge in [0.05, 0.1) is 11.6 Å². The molecule has 100 valence electrons. The number of hydrazone groups is 1. The van der Waals surface area contributed by atoms with E-state index < -0.39 is 6.29 Å². The van der Waals surface area contributed by atoms with Crippen molar-refractivity contribution in [2.45, 2.75) is 6.29 Å². The third kappa shape index (κ3) is 1.55. The number of furan rings is 1. The Morgan fingerprint density at radius 3 is 3.00 bits per heavy atom. The summed E-state index contributed by atoms with van der Waals surface area (Å²) in [4.78, 5) is 6.22. The second-order valence-corrected chi connectivity index (χ2v) is 4.86. The zero-order valence-electron chi connectivity index (χ0n) is 10.3. The molecule has 1 unspecified atom stereocenters. The second kappa shape index (κ2) is 4.09. The third-order valence-corrected chi connectivity index (χ3v) is 3.44. The summed E-state index contributed by atoms with van der Waals surface area (Å²) in [6, 6.07) is 9.15. The van der Waals surface area contributed by atoms with E-state index in [0.717, 1.165) is 16.4 Å². The van der Waals surface area contributed by atoms with Crippen LogP contribution in [0.25, 0.3) is 5.82 Å². The first-order chi connectivity index (χ1) is 9.74. The van der Waals surface area contributed by atoms with Crippen molar-refractivity contribution < 1.29 is 4.42 Å². The Bertz CT molecular complexity index is 814. The van der Waals surface area contributed by atoms with Crippen LogP contribution in [0.1, 0.15) is 0 Å². The van der Waals surface area contributed by atoms with Crippen molar-refractivity contribution in [3.8, 4) is 0 Å². The summed E-state index contributed by atoms with van der Waals surface area (Å²) in [7, 11) is 0. The first-order valence-corrected chi connectivity index (χ1v) is 6.41. The van der Waals surface area contributed by atoms with Crippen LogP contribution in [-0.2, 0) is 0 Å². The predicted molar refractivity (Wildman–Crippen MR) is 75.1 cm³/mol. The highest BCUT2D eigenvalue weighted by atomic mass is 35.5. The zero-order chi connectivity index (χ0) is 13.7. The first kappa shape index (κ1) is 11.5. The minimum absolute atomic E-state index is 0.560. The summed E-state index contributed by atoms with van der Waals surface area (Å²) in [5.41, 5.74) is 6.02. The van der Waals surface area contributed by atoms with Crippen molar-refractivity contribution in [2.75, 3.05) is 4.90 Å². The fourth-order valence-electron chi connectivity index (χ4n) is 2.34. The third-order valence-electron chi connectivity index (χ3n) is 3.20. The summed E-state index contributed by atoms with van der Waals surface area (Å²) in [5, 5.41) is 8.21. The topological polar surface area (TPSA) is 70.4 Å². The van der Waals surface area contributed by atoms with Crippen molar-refractivity contribution in [1.29, 1.82) is 0 Å². The molecule has 3 heterocycles. The lowest BCUT2D eigenvalue weighted by atomic mass is 10.2. The van der Waals surface area contributed by atoms with Gasteiger partial charge in [-0.25, -0.2) is 10.0 Å². The van der Waals surface area contributed by atoms with Crippen LogP contribution in [0.4, 0.5) is 5.88 Å². The number of rotatable bonds is 1. The van der Waals surface area contributed by atoms with E-state index in [1.54, 1.807) is 23.7 Å². The first-order valence-electron chi connectivity index (χ1n) is 6.03. The lowest BCUT2D eigenvalue weighted by molar-refractivity contribution is 0.314. The Kier molecular flexibility index (Phi) is 2.35. The van der Waals surface area contributed by atoms with Crippen LogP contribution >= 0.6 is 11.6 Å². The lowest BCUT2D eigenvalue weighted by Crippen LogP contribution is -2.49. The normalized spacial score (nSPS) is 19.9. The quantitative estimate of drug-likeness (QED) is 0.836. The second-order valence-electron chi connectivity index (χ2n) is 4.42. The Morgan fingerprint density at radius 1 is 1.30 bits per heavy atom. The molecule has 6 nitrogen and oxygen atoms in total. The Hall–Kier alpha value is -2.31. The Morgan fingerprint density at radius 2 is 2.20 bits per heavy atom. The van der Waals surface area contributed by atoms with E-state index in [0.29, 0.717) is 10.9 Å². The van der Waals surface area contributed by atoms with Crippen molar-refractivity contribution in [3.05, 3.63) is 52.2 Å². The molecule has 0 saturated carbocycles. The highest BCUT2D eigenvalue weighted by molar-refractivity contribution is 6.30. The summed E-state index contributed by atoms with van der Waals surface area (Å²) < 4.78 is 5.43. The number of nitrogens with two attached hydrogens (primary N) is 1. The van der Waals surface area contributed by atoms with Gasteiger partial charge in [0.15, 0.2) is 12.1 Å². The van der Waals surface area contributed by atoms with Gasteiger partial charge in [0.25, 0.3) is 0 Å². The number of nitrogens with zero attached hydrogens (tertiary/aromatic N) is 4. The standard InChI is InChI=1S/C13H10ClN5O/c14-8-3-4-10-9(6-8)12-18(11-2-1-5-20-11)7-16-19(12)13(15)17-10/h1-7,13H,15H2. The van der Waals surface area contributed by atoms with Gasteiger partial charge in [0.1, 0.15) is 6.34 Å². The van der Waals surface area contributed by atoms with Gasteiger partial charge in [-0.1, -0.05) is 11.6 Å². The van der Waals surface area contributed by atoms with Crippen molar-refractivity contribution in [3.63, 3.8) is 0 Å². The largest absolute Gasteiger partial charge is 0.448 e. The van der Waals surface area contributed by atoms with Crippen LogP contribution in [0, 0.1) is 0 Å². The number of hydrogen-bond acceptors (Lipinski definition) is 6. The Balaban J connectivity index is 2.03. The maximum atomic E-state index is 6.09. The van der Waals surface area contributed by atoms with Crippen LogP contribution < -0.4 is 21.2 Å². The van der Waals surface area contributed by atoms with Crippen molar-refractivity contribution in [2.24, 2.45) is 15.8 Å². The van der Waals surface area contributed by atoms with E-state index in [9.17, 15) is 0 Å². The van der Waals surface area contributed by atoms with Gasteiger partial charge in [0.2, 0.25) is 5.88 Å². The minimum Gasteiger partial charge on any atom is -0.448 e. The van der Waals surface area contributed by atoms with Gasteiger partial charge in [-0.2, -0.15) is 5.10 Å². The van der Waals surface area contributed by atoms with Gasteiger partial charge in [-0.05, 0) is 24.3 Å². The molecule has 4 rings (SSSR count). The molecule has 1 aromatic heterocycles. The van der Waals surface area contributed by atoms with Crippen molar-refractivity contribution >= 4 is 29.6 Å². The number of anilines is 1. The smallest absolute Gasteiger partial charge is 0.206 e. The molecule has 20 heavy (non-hydrogen) atoms. The van der Waals surface area contributed by atoms with Crippen LogP contribution in [0.2, 0.25) is 5.02 Å². The van der Waals surface area contributed by atoms with Gasteiger partial charge in [0, 0.05) is 16.3 Å². The molecule has 0 amide bonds. The molecule has 2 N–H and O–H groups in total. The summed E-state index contributed by atoms with van der Waals surface area (Å²) in [6.07, 6.45) is 2.70. The summed E-state index contributed by atoms with van der Waals surface area (Å²) in [5.74, 6) is 1.45. The minimum atomic E-state index is -0.560. The van der Waals surface area contributed by atoms with Gasteiger partial charge in [-0.15, -0.1) is 0 Å². The molecule has 0 radical (unpaired) electrons. The monoisotopic (exact) mass is 287 g/mol. The predicted octanol–water partition coefficient (Wildman–Crippen LogP) is 0.640. The Labute approximate surface area is 119 Å². The zero-order valence-corrected chi connectivity index (χ0v) is 11.0. The number of halogens is 1. The maximum Gasteiger partial charge on any atom is 0.206 e. The van der Waals surface area contributed by atoms with Crippen LogP contribution in [-0.4, -0.2) is 17.6 Å². The fourth-order valence-corrected chi connectivity index (χ4v) is 2.51. The molecule has 2 aromatic rings. The van der Waals surface area contributed by atoms with E-state index in [1.165, 1.54) is 0 Å². The molecule has 0 bridgehead atoms. The number of fused-ring (bicyclic) bond motifs is 2. The van der Waals surface area contributed by atoms with Crippen molar-refractivity contribution in [1.82, 2.24) is 5.01 Å². The molecule has 0 aliphatic carbocycles. The molecular weight excluding hydrogens is 278 g/mol. The summed E-state index contributed by atoms with van der Waals surface area (Å²) >= 11 is 6.09. The number of hydrogen-bond donors (Lipinski definition) is 1. The molecule has 0 spiro atoms. The number of benzene rings is 1. The van der Waals surface area contributed by atoms with E-state index in [4.69, 9.17) is 21.8 Å². The molecule has 2 aliphatic heterocycles. The molecule has 7 heteroatoms. The molecule has 2 aliphatic rings. The van der Waals surface area contributed by atoms with Crippen LogP contribution in [0.5, 0.6) is 0 Å². The van der Waals surface area contributed by atoms with Crippen LogP contribution in [0.15, 0.2) is 51.1 Å².